The Morgan fingerprint density at radius 3 is 2.61 bits per heavy atom. The van der Waals surface area contributed by atoms with Crippen molar-refractivity contribution in [2.75, 3.05) is 5.32 Å². The third-order valence-corrected chi connectivity index (χ3v) is 5.17. The average Bonchev–Trinajstić information content (AvgIpc) is 2.65. The third kappa shape index (κ3) is 3.20. The van der Waals surface area contributed by atoms with Crippen LogP contribution in [0.5, 0.6) is 0 Å². The number of rotatable bonds is 2. The van der Waals surface area contributed by atoms with Crippen LogP contribution < -0.4 is 5.32 Å². The Kier molecular flexibility index (Phi) is 4.58. The van der Waals surface area contributed by atoms with Crippen molar-refractivity contribution in [2.24, 2.45) is 0 Å². The molecule has 0 radical (unpaired) electrons. The molecule has 2 N–H and O–H groups in total. The molecule has 2 aromatic rings. The molecule has 3 nitrogen and oxygen atoms in total. The number of amides is 1. The number of anilines is 1. The van der Waals surface area contributed by atoms with Crippen molar-refractivity contribution >= 4 is 73.3 Å². The molecule has 7 heteroatoms. The van der Waals surface area contributed by atoms with Crippen LogP contribution in [0.1, 0.15) is 10.5 Å². The summed E-state index contributed by atoms with van der Waals surface area (Å²) in [5, 5.41) is 3.34. The number of carbonyl (C=O) groups is 1. The van der Waals surface area contributed by atoms with Crippen molar-refractivity contribution in [3.63, 3.8) is 0 Å². The lowest BCUT2D eigenvalue weighted by Crippen LogP contribution is -2.12. The molecular weight excluding hydrogens is 454 g/mol. The summed E-state index contributed by atoms with van der Waals surface area (Å²) in [4.78, 5) is 14.6. The molecule has 0 unspecified atom stereocenters. The average molecular weight is 460 g/mol. The van der Waals surface area contributed by atoms with E-state index in [9.17, 15) is 4.79 Å². The lowest BCUT2D eigenvalue weighted by molar-refractivity contribution is 0.102. The number of hydrogen-bond acceptors (Lipinski definition) is 1. The summed E-state index contributed by atoms with van der Waals surface area (Å²) >= 11 is 17.1. The summed E-state index contributed by atoms with van der Waals surface area (Å²) in [5.41, 5.74) is 1.03. The van der Waals surface area contributed by atoms with Crippen LogP contribution in [0.4, 0.5) is 5.69 Å². The summed E-state index contributed by atoms with van der Waals surface area (Å²) in [7, 11) is 0. The number of H-pyrrole nitrogens is 1. The first-order valence-electron chi connectivity index (χ1n) is 4.78. The number of aromatic amines is 1. The number of aromatic nitrogens is 1. The molecule has 0 aliphatic heterocycles. The SMILES string of the molecule is O=C(Nc1ccc(Br)c(I)c1)c1cc(Cl)c(Cl)[nH]1. The molecule has 0 bridgehead atoms. The molecule has 18 heavy (non-hydrogen) atoms. The maximum atomic E-state index is 11.9. The molecular formula is C11H6BrCl2IN2O. The Hall–Kier alpha value is -0.240. The van der Waals surface area contributed by atoms with Crippen molar-refractivity contribution < 1.29 is 4.79 Å². The van der Waals surface area contributed by atoms with Gasteiger partial charge in [-0.3, -0.25) is 4.79 Å². The van der Waals surface area contributed by atoms with E-state index in [0.717, 1.165) is 8.04 Å². The quantitative estimate of drug-likeness (QED) is 0.614. The van der Waals surface area contributed by atoms with E-state index >= 15 is 0 Å². The highest BCUT2D eigenvalue weighted by molar-refractivity contribution is 14.1. The van der Waals surface area contributed by atoms with Gasteiger partial charge in [0.25, 0.3) is 5.91 Å². The lowest BCUT2D eigenvalue weighted by Gasteiger charge is -2.05. The van der Waals surface area contributed by atoms with Crippen LogP contribution in [0.2, 0.25) is 10.2 Å². The van der Waals surface area contributed by atoms with E-state index in [1.807, 2.05) is 12.1 Å². The van der Waals surface area contributed by atoms with Crippen LogP contribution in [-0.4, -0.2) is 10.9 Å². The highest BCUT2D eigenvalue weighted by Gasteiger charge is 2.12. The first-order valence-corrected chi connectivity index (χ1v) is 7.40. The van der Waals surface area contributed by atoms with E-state index in [0.29, 0.717) is 16.4 Å². The summed E-state index contributed by atoms with van der Waals surface area (Å²) in [6.07, 6.45) is 0. The smallest absolute Gasteiger partial charge is 0.272 e. The fourth-order valence-electron chi connectivity index (χ4n) is 1.30. The van der Waals surface area contributed by atoms with Crippen LogP contribution in [0.25, 0.3) is 0 Å². The zero-order valence-corrected chi connectivity index (χ0v) is 14.0. The van der Waals surface area contributed by atoms with Gasteiger partial charge in [-0.15, -0.1) is 0 Å². The number of carbonyl (C=O) groups excluding carboxylic acids is 1. The van der Waals surface area contributed by atoms with Gasteiger partial charge in [-0.05, 0) is 62.8 Å². The Morgan fingerprint density at radius 2 is 2.06 bits per heavy atom. The monoisotopic (exact) mass is 458 g/mol. The molecule has 1 aromatic heterocycles. The zero-order valence-electron chi connectivity index (χ0n) is 8.73. The highest BCUT2D eigenvalue weighted by Crippen LogP contribution is 2.24. The van der Waals surface area contributed by atoms with Crippen LogP contribution in [0.15, 0.2) is 28.7 Å². The minimum Gasteiger partial charge on any atom is -0.340 e. The molecule has 1 amide bonds. The summed E-state index contributed by atoms with van der Waals surface area (Å²) < 4.78 is 1.99. The third-order valence-electron chi connectivity index (χ3n) is 2.15. The molecule has 0 aliphatic carbocycles. The van der Waals surface area contributed by atoms with Gasteiger partial charge in [0.2, 0.25) is 0 Å². The number of halogens is 4. The van der Waals surface area contributed by atoms with Gasteiger partial charge in [-0.1, -0.05) is 23.2 Å². The summed E-state index contributed by atoms with van der Waals surface area (Å²) in [6.45, 7) is 0. The number of nitrogens with one attached hydrogen (secondary N) is 2. The maximum Gasteiger partial charge on any atom is 0.272 e. The topological polar surface area (TPSA) is 44.9 Å². The minimum atomic E-state index is -0.290. The normalized spacial score (nSPS) is 10.4. The Labute approximate surface area is 136 Å². The van der Waals surface area contributed by atoms with E-state index < -0.39 is 0 Å². The lowest BCUT2D eigenvalue weighted by atomic mass is 10.3. The second kappa shape index (κ2) is 5.81. The van der Waals surface area contributed by atoms with Gasteiger partial charge >= 0.3 is 0 Å². The Balaban J connectivity index is 2.18. The zero-order chi connectivity index (χ0) is 13.3. The van der Waals surface area contributed by atoms with Gasteiger partial charge in [-0.2, -0.15) is 0 Å². The standard InChI is InChI=1S/C11H6BrCl2IN2O/c12-6-2-1-5(3-8(6)15)16-11(18)9-4-7(13)10(14)17-9/h1-4,17H,(H,16,18). The fraction of sp³-hybridized carbons (Fsp3) is 0. The van der Waals surface area contributed by atoms with E-state index in [4.69, 9.17) is 23.2 Å². The second-order valence-electron chi connectivity index (χ2n) is 3.43. The van der Waals surface area contributed by atoms with Crippen molar-refractivity contribution in [2.45, 2.75) is 0 Å². The molecule has 1 heterocycles. The molecule has 0 saturated heterocycles. The van der Waals surface area contributed by atoms with E-state index in [1.54, 1.807) is 6.07 Å². The molecule has 94 valence electrons. The van der Waals surface area contributed by atoms with E-state index in [2.05, 4.69) is 48.8 Å². The van der Waals surface area contributed by atoms with Crippen LogP contribution >= 0.6 is 61.7 Å². The second-order valence-corrected chi connectivity index (χ2v) is 6.23. The largest absolute Gasteiger partial charge is 0.340 e. The first kappa shape index (κ1) is 14.2. The van der Waals surface area contributed by atoms with Crippen molar-refractivity contribution in [1.29, 1.82) is 0 Å². The number of benzene rings is 1. The molecule has 0 fully saturated rings. The predicted octanol–water partition coefficient (Wildman–Crippen LogP) is 4.94. The Bertz CT molecular complexity index is 596. The van der Waals surface area contributed by atoms with E-state index in [1.165, 1.54) is 6.07 Å². The maximum absolute atomic E-state index is 11.9. The predicted molar refractivity (Wildman–Crippen MR) is 85.6 cm³/mol. The van der Waals surface area contributed by atoms with Gasteiger partial charge < -0.3 is 10.3 Å². The molecule has 2 rings (SSSR count). The summed E-state index contributed by atoms with van der Waals surface area (Å²) in [5.74, 6) is -0.290. The molecule has 1 aromatic carbocycles. The molecule has 0 spiro atoms. The van der Waals surface area contributed by atoms with Crippen molar-refractivity contribution in [3.8, 4) is 0 Å². The molecule has 0 atom stereocenters. The summed E-state index contributed by atoms with van der Waals surface area (Å²) in [6, 6.07) is 7.01. The molecule has 0 aliphatic rings. The van der Waals surface area contributed by atoms with Crippen LogP contribution in [0.3, 0.4) is 0 Å². The van der Waals surface area contributed by atoms with E-state index in [-0.39, 0.29) is 11.1 Å². The van der Waals surface area contributed by atoms with Crippen molar-refractivity contribution in [1.82, 2.24) is 4.98 Å². The van der Waals surface area contributed by atoms with Gasteiger partial charge in [-0.25, -0.2) is 0 Å². The fourth-order valence-corrected chi connectivity index (χ4v) is 2.37. The number of hydrogen-bond donors (Lipinski definition) is 2. The Morgan fingerprint density at radius 1 is 1.33 bits per heavy atom. The van der Waals surface area contributed by atoms with Gasteiger partial charge in [0.1, 0.15) is 10.8 Å². The molecule has 0 saturated carbocycles. The highest BCUT2D eigenvalue weighted by atomic mass is 127. The van der Waals surface area contributed by atoms with Gasteiger partial charge in [0.15, 0.2) is 0 Å². The van der Waals surface area contributed by atoms with Crippen molar-refractivity contribution in [3.05, 3.63) is 48.2 Å². The van der Waals surface area contributed by atoms with Crippen LogP contribution in [-0.2, 0) is 0 Å². The minimum absolute atomic E-state index is 0.257. The van der Waals surface area contributed by atoms with Crippen LogP contribution in [0, 0.1) is 3.57 Å². The first-order chi connectivity index (χ1) is 8.47. The van der Waals surface area contributed by atoms with Gasteiger partial charge in [0, 0.05) is 13.7 Å². The van der Waals surface area contributed by atoms with Gasteiger partial charge in [0.05, 0.1) is 5.02 Å².